The summed E-state index contributed by atoms with van der Waals surface area (Å²) in [5.41, 5.74) is 0.283. The number of hydrogen-bond donors (Lipinski definition) is 2. The highest BCUT2D eigenvalue weighted by Gasteiger charge is 2.33. The molecule has 6 heteroatoms. The van der Waals surface area contributed by atoms with Crippen molar-refractivity contribution in [2.24, 2.45) is 11.8 Å². The standard InChI is InChI=1S/C17H18N2O4/c1-10-6-12(17(22)23)9-19(8-10)16(21)13-7-11-4-2-3-5-14(11)18-15(13)20/h2-5,7,10,12H,6,8-9H2,1H3,(H,18,20)(H,22,23). The second-order valence-electron chi connectivity index (χ2n) is 6.19. The molecule has 23 heavy (non-hydrogen) atoms. The van der Waals surface area contributed by atoms with Crippen molar-refractivity contribution >= 4 is 22.8 Å². The SMILES string of the molecule is CC1CC(C(=O)O)CN(C(=O)c2cc3ccccc3[nH]c2=O)C1. The Morgan fingerprint density at radius 2 is 2.00 bits per heavy atom. The molecule has 1 amide bonds. The van der Waals surface area contributed by atoms with Gasteiger partial charge in [-0.2, -0.15) is 0 Å². The van der Waals surface area contributed by atoms with Gasteiger partial charge in [-0.05, 0) is 29.9 Å². The maximum absolute atomic E-state index is 12.7. The Kier molecular flexibility index (Phi) is 3.90. The van der Waals surface area contributed by atoms with E-state index in [1.54, 1.807) is 12.1 Å². The highest BCUT2D eigenvalue weighted by Crippen LogP contribution is 2.23. The third-order valence-electron chi connectivity index (χ3n) is 4.28. The number of carboxylic acids is 1. The molecule has 0 spiro atoms. The fraction of sp³-hybridized carbons (Fsp3) is 0.353. The zero-order chi connectivity index (χ0) is 16.6. The van der Waals surface area contributed by atoms with Crippen LogP contribution in [0.25, 0.3) is 10.9 Å². The Bertz CT molecular complexity index is 827. The summed E-state index contributed by atoms with van der Waals surface area (Å²) in [6.45, 7) is 2.53. The molecule has 120 valence electrons. The Labute approximate surface area is 132 Å². The van der Waals surface area contributed by atoms with Crippen LogP contribution in [0.4, 0.5) is 0 Å². The second-order valence-corrected chi connectivity index (χ2v) is 6.19. The van der Waals surface area contributed by atoms with E-state index in [0.717, 1.165) is 5.39 Å². The zero-order valence-corrected chi connectivity index (χ0v) is 12.8. The molecular weight excluding hydrogens is 296 g/mol. The molecule has 1 saturated heterocycles. The van der Waals surface area contributed by atoms with E-state index in [2.05, 4.69) is 4.98 Å². The van der Waals surface area contributed by atoms with Crippen molar-refractivity contribution in [3.8, 4) is 0 Å². The molecule has 0 radical (unpaired) electrons. The predicted molar refractivity (Wildman–Crippen MR) is 85.4 cm³/mol. The van der Waals surface area contributed by atoms with Crippen LogP contribution in [-0.4, -0.2) is 40.0 Å². The van der Waals surface area contributed by atoms with Crippen LogP contribution in [-0.2, 0) is 4.79 Å². The molecule has 2 aromatic rings. The summed E-state index contributed by atoms with van der Waals surface area (Å²) < 4.78 is 0. The summed E-state index contributed by atoms with van der Waals surface area (Å²) in [6.07, 6.45) is 0.549. The van der Waals surface area contributed by atoms with Crippen molar-refractivity contribution in [2.45, 2.75) is 13.3 Å². The number of carbonyl (C=O) groups excluding carboxylic acids is 1. The van der Waals surface area contributed by atoms with E-state index in [1.165, 1.54) is 4.90 Å². The average molecular weight is 314 g/mol. The Morgan fingerprint density at radius 3 is 2.74 bits per heavy atom. The van der Waals surface area contributed by atoms with Crippen LogP contribution in [0.1, 0.15) is 23.7 Å². The lowest BCUT2D eigenvalue weighted by atomic mass is 9.90. The highest BCUT2D eigenvalue weighted by atomic mass is 16.4. The fourth-order valence-corrected chi connectivity index (χ4v) is 3.17. The Hall–Kier alpha value is -2.63. The van der Waals surface area contributed by atoms with E-state index in [0.29, 0.717) is 18.5 Å². The molecule has 2 heterocycles. The number of benzene rings is 1. The number of carbonyl (C=O) groups is 2. The van der Waals surface area contributed by atoms with Gasteiger partial charge in [0.2, 0.25) is 0 Å². The number of H-pyrrole nitrogens is 1. The molecule has 2 atom stereocenters. The molecule has 1 aromatic carbocycles. The number of nitrogens with zero attached hydrogens (tertiary/aromatic N) is 1. The van der Waals surface area contributed by atoms with Crippen LogP contribution >= 0.6 is 0 Å². The lowest BCUT2D eigenvalue weighted by molar-refractivity contribution is -0.143. The first-order chi connectivity index (χ1) is 11.0. The lowest BCUT2D eigenvalue weighted by Gasteiger charge is -2.34. The number of nitrogens with one attached hydrogen (secondary N) is 1. The minimum absolute atomic E-state index is 0.0574. The summed E-state index contributed by atoms with van der Waals surface area (Å²) in [4.78, 5) is 40.3. The summed E-state index contributed by atoms with van der Waals surface area (Å²) in [5, 5.41) is 9.99. The molecule has 2 unspecified atom stereocenters. The Morgan fingerprint density at radius 1 is 1.26 bits per heavy atom. The molecule has 6 nitrogen and oxygen atoms in total. The van der Waals surface area contributed by atoms with Crippen LogP contribution in [0.3, 0.4) is 0 Å². The number of aliphatic carboxylic acids is 1. The molecule has 1 aromatic heterocycles. The zero-order valence-electron chi connectivity index (χ0n) is 12.8. The lowest BCUT2D eigenvalue weighted by Crippen LogP contribution is -2.46. The van der Waals surface area contributed by atoms with Gasteiger partial charge < -0.3 is 15.0 Å². The molecule has 0 aliphatic carbocycles. The number of piperidine rings is 1. The molecule has 1 aliphatic heterocycles. The smallest absolute Gasteiger partial charge is 0.308 e. The number of likely N-dealkylation sites (tertiary alicyclic amines) is 1. The summed E-state index contributed by atoms with van der Waals surface area (Å²) in [6, 6.07) is 8.81. The van der Waals surface area contributed by atoms with E-state index in [4.69, 9.17) is 0 Å². The number of para-hydroxylation sites is 1. The van der Waals surface area contributed by atoms with Crippen molar-refractivity contribution in [1.82, 2.24) is 9.88 Å². The molecule has 0 bridgehead atoms. The maximum atomic E-state index is 12.7. The van der Waals surface area contributed by atoms with Gasteiger partial charge in [-0.1, -0.05) is 25.1 Å². The average Bonchev–Trinajstić information content (AvgIpc) is 2.53. The van der Waals surface area contributed by atoms with Gasteiger partial charge in [0.05, 0.1) is 5.92 Å². The van der Waals surface area contributed by atoms with Gasteiger partial charge in [-0.25, -0.2) is 0 Å². The van der Waals surface area contributed by atoms with Gasteiger partial charge in [0, 0.05) is 18.6 Å². The largest absolute Gasteiger partial charge is 0.481 e. The van der Waals surface area contributed by atoms with Crippen molar-refractivity contribution in [3.05, 3.63) is 46.2 Å². The van der Waals surface area contributed by atoms with Gasteiger partial charge in [0.15, 0.2) is 0 Å². The van der Waals surface area contributed by atoms with E-state index < -0.39 is 23.4 Å². The third-order valence-corrected chi connectivity index (χ3v) is 4.28. The quantitative estimate of drug-likeness (QED) is 0.883. The van der Waals surface area contributed by atoms with Gasteiger partial charge in [0.25, 0.3) is 11.5 Å². The summed E-state index contributed by atoms with van der Waals surface area (Å²) >= 11 is 0. The first-order valence-corrected chi connectivity index (χ1v) is 7.60. The molecule has 2 N–H and O–H groups in total. The van der Waals surface area contributed by atoms with Gasteiger partial charge in [0.1, 0.15) is 5.56 Å². The molecule has 0 saturated carbocycles. The molecule has 3 rings (SSSR count). The summed E-state index contributed by atoms with van der Waals surface area (Å²) in [7, 11) is 0. The first-order valence-electron chi connectivity index (χ1n) is 7.60. The van der Waals surface area contributed by atoms with E-state index >= 15 is 0 Å². The minimum Gasteiger partial charge on any atom is -0.481 e. The van der Waals surface area contributed by atoms with Crippen molar-refractivity contribution in [1.29, 1.82) is 0 Å². The monoisotopic (exact) mass is 314 g/mol. The van der Waals surface area contributed by atoms with Gasteiger partial charge >= 0.3 is 5.97 Å². The number of pyridine rings is 1. The Balaban J connectivity index is 1.95. The number of carboxylic acid groups (broad SMARTS) is 1. The van der Waals surface area contributed by atoms with Crippen LogP contribution < -0.4 is 5.56 Å². The number of rotatable bonds is 2. The number of aromatic nitrogens is 1. The van der Waals surface area contributed by atoms with Crippen molar-refractivity contribution in [3.63, 3.8) is 0 Å². The number of aromatic amines is 1. The van der Waals surface area contributed by atoms with Gasteiger partial charge in [-0.15, -0.1) is 0 Å². The first kappa shape index (κ1) is 15.3. The predicted octanol–water partition coefficient (Wildman–Crippen LogP) is 1.71. The number of amides is 1. The minimum atomic E-state index is -0.901. The topological polar surface area (TPSA) is 90.5 Å². The highest BCUT2D eigenvalue weighted by molar-refractivity contribution is 5.97. The van der Waals surface area contributed by atoms with E-state index in [9.17, 15) is 19.5 Å². The molecule has 1 aliphatic rings. The maximum Gasteiger partial charge on any atom is 0.308 e. The van der Waals surface area contributed by atoms with E-state index in [1.807, 2.05) is 25.1 Å². The number of hydrogen-bond acceptors (Lipinski definition) is 3. The van der Waals surface area contributed by atoms with Crippen molar-refractivity contribution < 1.29 is 14.7 Å². The second kappa shape index (κ2) is 5.87. The van der Waals surface area contributed by atoms with E-state index in [-0.39, 0.29) is 18.0 Å². The fourth-order valence-electron chi connectivity index (χ4n) is 3.17. The van der Waals surface area contributed by atoms with Gasteiger partial charge in [-0.3, -0.25) is 14.4 Å². The molecule has 1 fully saturated rings. The summed E-state index contributed by atoms with van der Waals surface area (Å²) in [5.74, 6) is -1.80. The normalized spacial score (nSPS) is 21.3. The van der Waals surface area contributed by atoms with Crippen LogP contribution in [0.2, 0.25) is 0 Å². The number of fused-ring (bicyclic) bond motifs is 1. The van der Waals surface area contributed by atoms with Crippen LogP contribution in [0.15, 0.2) is 35.1 Å². The molecular formula is C17H18N2O4. The van der Waals surface area contributed by atoms with Crippen molar-refractivity contribution in [2.75, 3.05) is 13.1 Å². The van der Waals surface area contributed by atoms with Crippen LogP contribution in [0.5, 0.6) is 0 Å². The third kappa shape index (κ3) is 2.97. The van der Waals surface area contributed by atoms with Crippen LogP contribution in [0, 0.1) is 11.8 Å².